The molecule has 0 aromatic heterocycles. The molecule has 0 spiro atoms. The lowest BCUT2D eigenvalue weighted by atomic mass is 10.0. The van der Waals surface area contributed by atoms with Crippen LogP contribution in [0.15, 0.2) is 72.4 Å². The van der Waals surface area contributed by atoms with Crippen molar-refractivity contribution in [2.45, 2.75) is 19.4 Å². The van der Waals surface area contributed by atoms with E-state index in [1.54, 1.807) is 25.3 Å². The molecule has 114 valence electrons. The number of nitrogens with one attached hydrogen (secondary N) is 1. The molecular weight excluding hydrogens is 274 g/mol. The van der Waals surface area contributed by atoms with Gasteiger partial charge in [0.05, 0.1) is 5.70 Å². The maximum Gasteiger partial charge on any atom is 0.187 e. The van der Waals surface area contributed by atoms with Gasteiger partial charge >= 0.3 is 0 Å². The van der Waals surface area contributed by atoms with Gasteiger partial charge in [0.2, 0.25) is 0 Å². The Hall–Kier alpha value is -2.39. The summed E-state index contributed by atoms with van der Waals surface area (Å²) in [5.74, 6) is -0.0517. The molecule has 2 rings (SSSR count). The molecule has 22 heavy (non-hydrogen) atoms. The highest BCUT2D eigenvalue weighted by molar-refractivity contribution is 6.05. The molecule has 0 atom stereocenters. The minimum atomic E-state index is -0.597. The average molecular weight is 295 g/mol. The Morgan fingerprint density at radius 3 is 2.09 bits per heavy atom. The summed E-state index contributed by atoms with van der Waals surface area (Å²) in [6.07, 6.45) is 1.60. The molecule has 0 unspecified atom stereocenters. The van der Waals surface area contributed by atoms with Crippen molar-refractivity contribution in [2.24, 2.45) is 0 Å². The van der Waals surface area contributed by atoms with E-state index in [1.807, 2.05) is 62.4 Å². The summed E-state index contributed by atoms with van der Waals surface area (Å²) in [6.45, 7) is 3.85. The fourth-order valence-electron chi connectivity index (χ4n) is 1.96. The standard InChI is InChI=1S/C19H21NO2/c1-19(2,22-3)18(20-16-12-8-5-9-13-16)14-17(21)15-10-6-4-7-11-15/h4-14,20H,1-3H3/b18-14-. The zero-order valence-corrected chi connectivity index (χ0v) is 13.2. The van der Waals surface area contributed by atoms with E-state index < -0.39 is 5.60 Å². The first-order valence-corrected chi connectivity index (χ1v) is 7.22. The second-order valence-electron chi connectivity index (χ2n) is 5.49. The molecular formula is C19H21NO2. The van der Waals surface area contributed by atoms with Crippen LogP contribution in [0, 0.1) is 0 Å². The number of para-hydroxylation sites is 1. The number of ether oxygens (including phenoxy) is 1. The normalized spacial score (nSPS) is 12.0. The minimum Gasteiger partial charge on any atom is -0.373 e. The Bertz CT molecular complexity index is 646. The number of benzene rings is 2. The third-order valence-electron chi connectivity index (χ3n) is 3.55. The number of anilines is 1. The van der Waals surface area contributed by atoms with Crippen LogP contribution in [0.1, 0.15) is 24.2 Å². The van der Waals surface area contributed by atoms with Gasteiger partial charge in [0.1, 0.15) is 5.60 Å². The molecule has 0 fully saturated rings. The molecule has 0 saturated heterocycles. The molecule has 3 nitrogen and oxygen atoms in total. The third-order valence-corrected chi connectivity index (χ3v) is 3.55. The fourth-order valence-corrected chi connectivity index (χ4v) is 1.96. The average Bonchev–Trinajstić information content (AvgIpc) is 2.56. The van der Waals surface area contributed by atoms with Crippen LogP contribution in [0.2, 0.25) is 0 Å². The van der Waals surface area contributed by atoms with E-state index in [2.05, 4.69) is 5.32 Å². The number of allylic oxidation sites excluding steroid dienone is 1. The van der Waals surface area contributed by atoms with E-state index in [9.17, 15) is 4.79 Å². The minimum absolute atomic E-state index is 0.0517. The largest absolute Gasteiger partial charge is 0.373 e. The maximum atomic E-state index is 12.4. The second-order valence-corrected chi connectivity index (χ2v) is 5.49. The van der Waals surface area contributed by atoms with Gasteiger partial charge in [-0.1, -0.05) is 48.5 Å². The summed E-state index contributed by atoms with van der Waals surface area (Å²) in [5.41, 5.74) is 1.69. The van der Waals surface area contributed by atoms with E-state index in [0.717, 1.165) is 11.4 Å². The molecule has 2 aromatic carbocycles. The highest BCUT2D eigenvalue weighted by Crippen LogP contribution is 2.23. The molecule has 1 N–H and O–H groups in total. The Kier molecular flexibility index (Phi) is 5.12. The lowest BCUT2D eigenvalue weighted by Crippen LogP contribution is -2.30. The number of hydrogen-bond acceptors (Lipinski definition) is 3. The summed E-state index contributed by atoms with van der Waals surface area (Å²) >= 11 is 0. The van der Waals surface area contributed by atoms with Crippen LogP contribution in [0.3, 0.4) is 0 Å². The summed E-state index contributed by atoms with van der Waals surface area (Å²) in [6, 6.07) is 18.9. The van der Waals surface area contributed by atoms with Gasteiger partial charge < -0.3 is 10.1 Å². The zero-order chi connectivity index (χ0) is 16.0. The summed E-state index contributed by atoms with van der Waals surface area (Å²) in [5, 5.41) is 3.29. The van der Waals surface area contributed by atoms with E-state index in [0.29, 0.717) is 5.56 Å². The Morgan fingerprint density at radius 1 is 1.00 bits per heavy atom. The topological polar surface area (TPSA) is 38.3 Å². The van der Waals surface area contributed by atoms with Gasteiger partial charge in [-0.3, -0.25) is 4.79 Å². The molecule has 3 heteroatoms. The van der Waals surface area contributed by atoms with Crippen molar-refractivity contribution in [3.8, 4) is 0 Å². The molecule has 0 aliphatic heterocycles. The van der Waals surface area contributed by atoms with Crippen molar-refractivity contribution >= 4 is 11.5 Å². The molecule has 0 radical (unpaired) electrons. The molecule has 0 heterocycles. The zero-order valence-electron chi connectivity index (χ0n) is 13.2. The number of methoxy groups -OCH3 is 1. The first-order chi connectivity index (χ1) is 10.5. The molecule has 2 aromatic rings. The number of ketones is 1. The Balaban J connectivity index is 2.32. The predicted octanol–water partition coefficient (Wildman–Crippen LogP) is 4.29. The third kappa shape index (κ3) is 4.06. The van der Waals surface area contributed by atoms with Gasteiger partial charge in [0.25, 0.3) is 0 Å². The van der Waals surface area contributed by atoms with Crippen molar-refractivity contribution in [1.29, 1.82) is 0 Å². The van der Waals surface area contributed by atoms with Crippen molar-refractivity contribution in [1.82, 2.24) is 0 Å². The van der Waals surface area contributed by atoms with Crippen molar-refractivity contribution in [2.75, 3.05) is 12.4 Å². The number of hydrogen-bond donors (Lipinski definition) is 1. The van der Waals surface area contributed by atoms with Crippen LogP contribution in [-0.4, -0.2) is 18.5 Å². The van der Waals surface area contributed by atoms with Crippen molar-refractivity contribution < 1.29 is 9.53 Å². The molecule has 0 aliphatic rings. The summed E-state index contributed by atoms with van der Waals surface area (Å²) in [7, 11) is 1.63. The quantitative estimate of drug-likeness (QED) is 0.638. The summed E-state index contributed by atoms with van der Waals surface area (Å²) < 4.78 is 5.53. The molecule has 0 aliphatic carbocycles. The van der Waals surface area contributed by atoms with Crippen molar-refractivity contribution in [3.05, 3.63) is 78.0 Å². The van der Waals surface area contributed by atoms with Gasteiger partial charge in [-0.15, -0.1) is 0 Å². The predicted molar refractivity (Wildman–Crippen MR) is 90.0 cm³/mol. The lowest BCUT2D eigenvalue weighted by Gasteiger charge is -2.27. The first-order valence-electron chi connectivity index (χ1n) is 7.22. The lowest BCUT2D eigenvalue weighted by molar-refractivity contribution is 0.0555. The number of carbonyl (C=O) groups is 1. The monoisotopic (exact) mass is 295 g/mol. The highest BCUT2D eigenvalue weighted by atomic mass is 16.5. The van der Waals surface area contributed by atoms with E-state index in [-0.39, 0.29) is 5.78 Å². The van der Waals surface area contributed by atoms with Gasteiger partial charge in [0, 0.05) is 24.4 Å². The van der Waals surface area contributed by atoms with Crippen LogP contribution < -0.4 is 5.32 Å². The van der Waals surface area contributed by atoms with E-state index in [4.69, 9.17) is 4.74 Å². The van der Waals surface area contributed by atoms with Crippen LogP contribution in [-0.2, 0) is 4.74 Å². The van der Waals surface area contributed by atoms with Crippen LogP contribution in [0.5, 0.6) is 0 Å². The number of carbonyl (C=O) groups excluding carboxylic acids is 1. The van der Waals surface area contributed by atoms with Crippen LogP contribution in [0.25, 0.3) is 0 Å². The first kappa shape index (κ1) is 16.0. The Labute approximate surface area is 131 Å². The van der Waals surface area contributed by atoms with Gasteiger partial charge in [-0.25, -0.2) is 0 Å². The van der Waals surface area contributed by atoms with Crippen LogP contribution >= 0.6 is 0 Å². The molecule has 0 bridgehead atoms. The fraction of sp³-hybridized carbons (Fsp3) is 0.211. The second kappa shape index (κ2) is 7.05. The van der Waals surface area contributed by atoms with E-state index in [1.165, 1.54) is 0 Å². The maximum absolute atomic E-state index is 12.4. The van der Waals surface area contributed by atoms with Gasteiger partial charge in [-0.05, 0) is 26.0 Å². The molecule has 0 saturated carbocycles. The van der Waals surface area contributed by atoms with Crippen LogP contribution in [0.4, 0.5) is 5.69 Å². The van der Waals surface area contributed by atoms with Crippen molar-refractivity contribution in [3.63, 3.8) is 0 Å². The van der Waals surface area contributed by atoms with Gasteiger partial charge in [-0.2, -0.15) is 0 Å². The smallest absolute Gasteiger partial charge is 0.187 e. The SMILES string of the molecule is COC(C)(C)/C(=C/C(=O)c1ccccc1)Nc1ccccc1. The molecule has 0 amide bonds. The number of rotatable bonds is 6. The summed E-state index contributed by atoms with van der Waals surface area (Å²) in [4.78, 5) is 12.4. The van der Waals surface area contributed by atoms with E-state index >= 15 is 0 Å². The highest BCUT2D eigenvalue weighted by Gasteiger charge is 2.24. The van der Waals surface area contributed by atoms with Gasteiger partial charge in [0.15, 0.2) is 5.78 Å². The Morgan fingerprint density at radius 2 is 1.55 bits per heavy atom.